The summed E-state index contributed by atoms with van der Waals surface area (Å²) in [6.07, 6.45) is 0. The minimum atomic E-state index is -3.74. The van der Waals surface area contributed by atoms with E-state index in [0.29, 0.717) is 0 Å². The molecule has 0 atom stereocenters. The van der Waals surface area contributed by atoms with Crippen molar-refractivity contribution >= 4 is 44.6 Å². The lowest BCUT2D eigenvalue weighted by atomic mass is 10.3. The predicted molar refractivity (Wildman–Crippen MR) is 87.9 cm³/mol. The standard InChI is InChI=1S/C14H14Cl2N2O2S/c1-2-17-10-6-8-11(9-7-10)21(19,20)18-14-12(15)4-3-5-13(14)16/h3-9,17-18H,2H2,1H3. The minimum absolute atomic E-state index is 0.139. The van der Waals surface area contributed by atoms with Gasteiger partial charge in [-0.05, 0) is 43.3 Å². The van der Waals surface area contributed by atoms with E-state index in [1.54, 1.807) is 30.3 Å². The molecule has 0 spiro atoms. The van der Waals surface area contributed by atoms with E-state index in [9.17, 15) is 8.42 Å². The first-order valence-corrected chi connectivity index (χ1v) is 8.48. The molecule has 0 aliphatic heterocycles. The summed E-state index contributed by atoms with van der Waals surface area (Å²) in [6, 6.07) is 11.2. The van der Waals surface area contributed by atoms with E-state index in [1.807, 2.05) is 6.92 Å². The fraction of sp³-hybridized carbons (Fsp3) is 0.143. The van der Waals surface area contributed by atoms with Crippen LogP contribution in [0.15, 0.2) is 47.4 Å². The smallest absolute Gasteiger partial charge is 0.261 e. The van der Waals surface area contributed by atoms with Crippen LogP contribution in [-0.2, 0) is 10.0 Å². The Morgan fingerprint density at radius 1 is 1.00 bits per heavy atom. The van der Waals surface area contributed by atoms with Gasteiger partial charge in [0.15, 0.2) is 0 Å². The van der Waals surface area contributed by atoms with Crippen molar-refractivity contribution in [1.29, 1.82) is 0 Å². The zero-order valence-corrected chi connectivity index (χ0v) is 13.6. The maximum absolute atomic E-state index is 12.3. The van der Waals surface area contributed by atoms with E-state index in [-0.39, 0.29) is 20.6 Å². The molecule has 0 aliphatic carbocycles. The summed E-state index contributed by atoms with van der Waals surface area (Å²) in [5, 5.41) is 3.59. The quantitative estimate of drug-likeness (QED) is 0.853. The number of anilines is 2. The monoisotopic (exact) mass is 344 g/mol. The maximum atomic E-state index is 12.3. The van der Waals surface area contributed by atoms with E-state index in [0.717, 1.165) is 12.2 Å². The number of hydrogen-bond acceptors (Lipinski definition) is 3. The molecule has 112 valence electrons. The summed E-state index contributed by atoms with van der Waals surface area (Å²) in [4.78, 5) is 0.139. The van der Waals surface area contributed by atoms with Crippen molar-refractivity contribution in [3.63, 3.8) is 0 Å². The number of benzene rings is 2. The average molecular weight is 345 g/mol. The molecule has 0 saturated heterocycles. The summed E-state index contributed by atoms with van der Waals surface area (Å²) in [5.74, 6) is 0. The molecule has 4 nitrogen and oxygen atoms in total. The first-order chi connectivity index (χ1) is 9.94. The lowest BCUT2D eigenvalue weighted by Crippen LogP contribution is -2.13. The van der Waals surface area contributed by atoms with Crippen LogP contribution in [0.1, 0.15) is 6.92 Å². The molecule has 0 aliphatic rings. The molecular weight excluding hydrogens is 331 g/mol. The molecule has 0 radical (unpaired) electrons. The largest absolute Gasteiger partial charge is 0.385 e. The number of hydrogen-bond donors (Lipinski definition) is 2. The molecule has 2 aromatic carbocycles. The Bertz CT molecular complexity index is 711. The van der Waals surface area contributed by atoms with Crippen molar-refractivity contribution in [2.75, 3.05) is 16.6 Å². The maximum Gasteiger partial charge on any atom is 0.261 e. The summed E-state index contributed by atoms with van der Waals surface area (Å²) in [6.45, 7) is 2.73. The molecule has 2 aromatic rings. The van der Waals surface area contributed by atoms with Crippen LogP contribution in [0.2, 0.25) is 10.0 Å². The third-order valence-corrected chi connectivity index (χ3v) is 4.74. The number of nitrogens with one attached hydrogen (secondary N) is 2. The van der Waals surface area contributed by atoms with Crippen LogP contribution >= 0.6 is 23.2 Å². The van der Waals surface area contributed by atoms with Crippen LogP contribution < -0.4 is 10.0 Å². The minimum Gasteiger partial charge on any atom is -0.385 e. The molecule has 2 rings (SSSR count). The van der Waals surface area contributed by atoms with Crippen LogP contribution in [0, 0.1) is 0 Å². The second kappa shape index (κ2) is 6.56. The van der Waals surface area contributed by atoms with Gasteiger partial charge in [0, 0.05) is 12.2 Å². The van der Waals surface area contributed by atoms with Gasteiger partial charge < -0.3 is 5.32 Å². The molecule has 0 unspecified atom stereocenters. The Morgan fingerprint density at radius 2 is 1.57 bits per heavy atom. The summed E-state index contributed by atoms with van der Waals surface area (Å²) in [7, 11) is -3.74. The van der Waals surface area contributed by atoms with Crippen molar-refractivity contribution in [1.82, 2.24) is 0 Å². The van der Waals surface area contributed by atoms with Crippen LogP contribution in [0.5, 0.6) is 0 Å². The zero-order valence-electron chi connectivity index (χ0n) is 11.2. The van der Waals surface area contributed by atoms with E-state index in [1.165, 1.54) is 12.1 Å². The highest BCUT2D eigenvalue weighted by Crippen LogP contribution is 2.31. The van der Waals surface area contributed by atoms with Gasteiger partial charge >= 0.3 is 0 Å². The Hall–Kier alpha value is -1.43. The fourth-order valence-corrected chi connectivity index (χ4v) is 3.45. The normalized spacial score (nSPS) is 11.2. The van der Waals surface area contributed by atoms with Crippen LogP contribution in [0.25, 0.3) is 0 Å². The highest BCUT2D eigenvalue weighted by molar-refractivity contribution is 7.92. The molecule has 0 heterocycles. The second-order valence-electron chi connectivity index (χ2n) is 4.26. The van der Waals surface area contributed by atoms with Crippen LogP contribution in [0.4, 0.5) is 11.4 Å². The van der Waals surface area contributed by atoms with Gasteiger partial charge in [0.25, 0.3) is 10.0 Å². The molecule has 0 saturated carbocycles. The topological polar surface area (TPSA) is 58.2 Å². The first kappa shape index (κ1) is 15.9. The summed E-state index contributed by atoms with van der Waals surface area (Å²) in [5.41, 5.74) is 1.03. The third-order valence-electron chi connectivity index (χ3n) is 2.74. The molecule has 0 amide bonds. The highest BCUT2D eigenvalue weighted by atomic mass is 35.5. The molecule has 7 heteroatoms. The molecular formula is C14H14Cl2N2O2S. The average Bonchev–Trinajstić information content (AvgIpc) is 2.44. The van der Waals surface area contributed by atoms with Crippen molar-refractivity contribution in [3.05, 3.63) is 52.5 Å². The van der Waals surface area contributed by atoms with Crippen LogP contribution in [-0.4, -0.2) is 15.0 Å². The molecule has 21 heavy (non-hydrogen) atoms. The molecule has 0 aromatic heterocycles. The number of halogens is 2. The van der Waals surface area contributed by atoms with Gasteiger partial charge in [-0.25, -0.2) is 8.42 Å². The Morgan fingerprint density at radius 3 is 2.10 bits per heavy atom. The van der Waals surface area contributed by atoms with Gasteiger partial charge in [-0.1, -0.05) is 29.3 Å². The first-order valence-electron chi connectivity index (χ1n) is 6.25. The Labute approximate surface area is 134 Å². The van der Waals surface area contributed by atoms with Gasteiger partial charge in [-0.15, -0.1) is 0 Å². The number of rotatable bonds is 5. The zero-order chi connectivity index (χ0) is 15.5. The fourth-order valence-electron chi connectivity index (χ4n) is 1.74. The Balaban J connectivity index is 2.30. The van der Waals surface area contributed by atoms with Gasteiger partial charge in [-0.3, -0.25) is 4.72 Å². The second-order valence-corrected chi connectivity index (χ2v) is 6.75. The summed E-state index contributed by atoms with van der Waals surface area (Å²) < 4.78 is 27.1. The van der Waals surface area contributed by atoms with Crippen molar-refractivity contribution in [2.24, 2.45) is 0 Å². The van der Waals surface area contributed by atoms with Gasteiger partial charge in [0.2, 0.25) is 0 Å². The van der Waals surface area contributed by atoms with Crippen molar-refractivity contribution in [2.45, 2.75) is 11.8 Å². The summed E-state index contributed by atoms with van der Waals surface area (Å²) >= 11 is 11.9. The molecule has 0 bridgehead atoms. The Kier molecular flexibility index (Phi) is 4.98. The highest BCUT2D eigenvalue weighted by Gasteiger charge is 2.17. The number of para-hydroxylation sites is 1. The van der Waals surface area contributed by atoms with Crippen molar-refractivity contribution < 1.29 is 8.42 Å². The van der Waals surface area contributed by atoms with E-state index >= 15 is 0 Å². The lowest BCUT2D eigenvalue weighted by molar-refractivity contribution is 0.601. The number of sulfonamides is 1. The molecule has 0 fully saturated rings. The van der Waals surface area contributed by atoms with Crippen molar-refractivity contribution in [3.8, 4) is 0 Å². The van der Waals surface area contributed by atoms with E-state index < -0.39 is 10.0 Å². The van der Waals surface area contributed by atoms with E-state index in [2.05, 4.69) is 10.0 Å². The van der Waals surface area contributed by atoms with Gasteiger partial charge in [-0.2, -0.15) is 0 Å². The SMILES string of the molecule is CCNc1ccc(S(=O)(=O)Nc2c(Cl)cccc2Cl)cc1. The van der Waals surface area contributed by atoms with Gasteiger partial charge in [0.05, 0.1) is 20.6 Å². The third kappa shape index (κ3) is 3.81. The predicted octanol–water partition coefficient (Wildman–Crippen LogP) is 4.23. The van der Waals surface area contributed by atoms with E-state index in [4.69, 9.17) is 23.2 Å². The van der Waals surface area contributed by atoms with Gasteiger partial charge in [0.1, 0.15) is 0 Å². The lowest BCUT2D eigenvalue weighted by Gasteiger charge is -2.11. The van der Waals surface area contributed by atoms with Crippen LogP contribution in [0.3, 0.4) is 0 Å². The molecule has 2 N–H and O–H groups in total.